The quantitative estimate of drug-likeness (QED) is 0.0416. The van der Waals surface area contributed by atoms with Gasteiger partial charge in [-0.15, -0.1) is 0 Å². The van der Waals surface area contributed by atoms with Gasteiger partial charge in [-0.1, -0.05) is 13.8 Å². The molecule has 10 N–H and O–H groups in total. The van der Waals surface area contributed by atoms with Gasteiger partial charge >= 0.3 is 14.8 Å². The third-order valence-electron chi connectivity index (χ3n) is 5.33. The van der Waals surface area contributed by atoms with Crippen LogP contribution in [0, 0.1) is 17.8 Å². The van der Waals surface area contributed by atoms with E-state index in [2.05, 4.69) is 5.32 Å². The molecule has 194 valence electrons. The fourth-order valence-corrected chi connectivity index (χ4v) is 3.98. The Kier molecular flexibility index (Phi) is 15.3. The molecule has 0 fully saturated rings. The number of nitrogens with two attached hydrogens (primary N) is 1. The van der Waals surface area contributed by atoms with E-state index in [1.54, 1.807) is 19.3 Å². The molecule has 0 rings (SSSR count). The van der Waals surface area contributed by atoms with Crippen LogP contribution in [0.2, 0.25) is 6.04 Å². The van der Waals surface area contributed by atoms with Crippen LogP contribution >= 0.6 is 0 Å². The minimum absolute atomic E-state index is 0.0262. The summed E-state index contributed by atoms with van der Waals surface area (Å²) < 4.78 is 5.24. The summed E-state index contributed by atoms with van der Waals surface area (Å²) in [6, 6.07) is -0.682. The van der Waals surface area contributed by atoms with Crippen LogP contribution in [0.25, 0.3) is 0 Å². The highest BCUT2D eigenvalue weighted by atomic mass is 28.4. The summed E-state index contributed by atoms with van der Waals surface area (Å²) >= 11 is 0. The SMILES string of the molecule is CCC(CC(CC(CC(C)C(=O)NO)NCC(O)COCCC[Si](O)(O)O)C(N)=O)C(=O)O. The predicted molar refractivity (Wildman–Crippen MR) is 117 cm³/mol. The summed E-state index contributed by atoms with van der Waals surface area (Å²) in [7, 11) is -4.12. The maximum absolute atomic E-state index is 12.0. The van der Waals surface area contributed by atoms with E-state index < -0.39 is 56.5 Å². The molecule has 0 saturated carbocycles. The average Bonchev–Trinajstić information content (AvgIpc) is 2.72. The number of carboxylic acid groups (broad SMARTS) is 1. The molecule has 13 nitrogen and oxygen atoms in total. The third-order valence-corrected chi connectivity index (χ3v) is 6.36. The van der Waals surface area contributed by atoms with Crippen molar-refractivity contribution in [3.8, 4) is 0 Å². The van der Waals surface area contributed by atoms with Crippen molar-refractivity contribution in [1.82, 2.24) is 10.8 Å². The minimum atomic E-state index is -4.12. The van der Waals surface area contributed by atoms with Gasteiger partial charge in [0.1, 0.15) is 0 Å². The molecule has 0 bridgehead atoms. The van der Waals surface area contributed by atoms with Crippen LogP contribution in [-0.2, 0) is 19.1 Å². The van der Waals surface area contributed by atoms with Crippen LogP contribution in [0.15, 0.2) is 0 Å². The van der Waals surface area contributed by atoms with Crippen LogP contribution in [0.5, 0.6) is 0 Å². The van der Waals surface area contributed by atoms with Crippen molar-refractivity contribution in [2.45, 2.75) is 64.1 Å². The lowest BCUT2D eigenvalue weighted by Crippen LogP contribution is -2.43. The van der Waals surface area contributed by atoms with E-state index >= 15 is 0 Å². The number of hydroxylamine groups is 1. The molecule has 2 amide bonds. The Hall–Kier alpha value is -1.65. The molecule has 5 unspecified atom stereocenters. The van der Waals surface area contributed by atoms with Crippen molar-refractivity contribution in [1.29, 1.82) is 0 Å². The third kappa shape index (κ3) is 15.0. The first kappa shape index (κ1) is 31.3. The highest BCUT2D eigenvalue weighted by molar-refractivity contribution is 6.56. The highest BCUT2D eigenvalue weighted by Gasteiger charge is 2.29. The predicted octanol–water partition coefficient (Wildman–Crippen LogP) is -1.85. The van der Waals surface area contributed by atoms with Crippen molar-refractivity contribution >= 4 is 26.6 Å². The number of aliphatic hydroxyl groups excluding tert-OH is 1. The molecule has 0 aromatic heterocycles. The van der Waals surface area contributed by atoms with Crippen molar-refractivity contribution in [2.75, 3.05) is 19.8 Å². The smallest absolute Gasteiger partial charge is 0.481 e. The summed E-state index contributed by atoms with van der Waals surface area (Å²) in [5.41, 5.74) is 7.05. The summed E-state index contributed by atoms with van der Waals surface area (Å²) in [6.45, 7) is 3.30. The molecule has 0 aromatic carbocycles. The number of amides is 2. The lowest BCUT2D eigenvalue weighted by Gasteiger charge is -2.27. The molecular formula is C19H39N3O10Si. The molecule has 0 spiro atoms. The summed E-state index contributed by atoms with van der Waals surface area (Å²) in [4.78, 5) is 61.8. The van der Waals surface area contributed by atoms with Crippen molar-refractivity contribution in [3.05, 3.63) is 0 Å². The van der Waals surface area contributed by atoms with Gasteiger partial charge in [0.15, 0.2) is 0 Å². The van der Waals surface area contributed by atoms with Gasteiger partial charge < -0.3 is 40.4 Å². The van der Waals surface area contributed by atoms with E-state index in [-0.39, 0.29) is 51.5 Å². The normalized spacial score (nSPS) is 16.5. The van der Waals surface area contributed by atoms with Crippen molar-refractivity contribution in [2.24, 2.45) is 23.5 Å². The number of nitrogens with one attached hydrogen (secondary N) is 2. The van der Waals surface area contributed by atoms with Gasteiger partial charge in [0.25, 0.3) is 0 Å². The minimum Gasteiger partial charge on any atom is -0.481 e. The molecule has 0 heterocycles. The second kappa shape index (κ2) is 16.1. The van der Waals surface area contributed by atoms with Crippen LogP contribution in [-0.4, -0.2) is 88.3 Å². The van der Waals surface area contributed by atoms with Crippen LogP contribution in [0.3, 0.4) is 0 Å². The van der Waals surface area contributed by atoms with Crippen LogP contribution in [0.1, 0.15) is 46.0 Å². The first-order valence-corrected chi connectivity index (χ1v) is 13.0. The molecular weight excluding hydrogens is 458 g/mol. The molecule has 0 radical (unpaired) electrons. The number of aliphatic carboxylic acids is 1. The highest BCUT2D eigenvalue weighted by Crippen LogP contribution is 2.23. The Labute approximate surface area is 194 Å². The van der Waals surface area contributed by atoms with Crippen molar-refractivity contribution < 1.29 is 48.9 Å². The van der Waals surface area contributed by atoms with E-state index in [0.717, 1.165) is 0 Å². The first-order valence-electron chi connectivity index (χ1n) is 10.9. The zero-order valence-electron chi connectivity index (χ0n) is 19.1. The number of hydrogen-bond donors (Lipinski definition) is 9. The van der Waals surface area contributed by atoms with Gasteiger partial charge in [-0.25, -0.2) is 5.48 Å². The standard InChI is InChI=1S/C19H39N3O10Si/c1-3-13(19(26)27)8-14(17(20)24)9-15(7-12(2)18(25)22-28)21-10-16(23)11-32-5-4-6-33(29,30)31/h12-16,21,23,28-31H,3-11H2,1-2H3,(H2,20,24)(H,22,25)(H,26,27). The zero-order chi connectivity index (χ0) is 25.6. The van der Waals surface area contributed by atoms with Gasteiger partial charge in [0, 0.05) is 37.1 Å². The van der Waals surface area contributed by atoms with E-state index in [0.29, 0.717) is 6.42 Å². The van der Waals surface area contributed by atoms with Gasteiger partial charge in [0.05, 0.1) is 18.6 Å². The van der Waals surface area contributed by atoms with E-state index in [1.165, 1.54) is 0 Å². The molecule has 33 heavy (non-hydrogen) atoms. The Morgan fingerprint density at radius 3 is 2.21 bits per heavy atom. The number of rotatable bonds is 19. The van der Waals surface area contributed by atoms with Crippen LogP contribution < -0.4 is 16.5 Å². The Bertz CT molecular complexity index is 605. The topological polar surface area (TPSA) is 232 Å². The van der Waals surface area contributed by atoms with Gasteiger partial charge in [-0.05, 0) is 32.1 Å². The van der Waals surface area contributed by atoms with E-state index in [1.807, 2.05) is 0 Å². The lowest BCUT2D eigenvalue weighted by molar-refractivity contribution is -0.142. The number of carboxylic acids is 1. The molecule has 0 aliphatic heterocycles. The second-order valence-corrected chi connectivity index (χ2v) is 10.4. The maximum atomic E-state index is 12.0. The fourth-order valence-electron chi connectivity index (χ4n) is 3.36. The van der Waals surface area contributed by atoms with Crippen molar-refractivity contribution in [3.63, 3.8) is 0 Å². The number of aliphatic hydroxyl groups is 1. The monoisotopic (exact) mass is 497 g/mol. The lowest BCUT2D eigenvalue weighted by atomic mass is 9.85. The molecule has 14 heteroatoms. The maximum Gasteiger partial charge on any atom is 0.492 e. The Morgan fingerprint density at radius 1 is 1.09 bits per heavy atom. The molecule has 0 saturated heterocycles. The number of carbonyl (C=O) groups is 3. The zero-order valence-corrected chi connectivity index (χ0v) is 20.1. The second-order valence-electron chi connectivity index (χ2n) is 8.34. The van der Waals surface area contributed by atoms with E-state index in [4.69, 9.17) is 30.1 Å². The summed E-state index contributed by atoms with van der Waals surface area (Å²) in [5.74, 6) is -4.50. The van der Waals surface area contributed by atoms with Gasteiger partial charge in [0.2, 0.25) is 11.8 Å². The molecule has 0 aliphatic carbocycles. The van der Waals surface area contributed by atoms with Gasteiger partial charge in [-0.3, -0.25) is 19.6 Å². The number of ether oxygens (including phenoxy) is 1. The number of carbonyl (C=O) groups excluding carboxylic acids is 2. The van der Waals surface area contributed by atoms with Gasteiger partial charge in [-0.2, -0.15) is 0 Å². The largest absolute Gasteiger partial charge is 0.492 e. The number of primary amides is 1. The molecule has 5 atom stereocenters. The first-order chi connectivity index (χ1) is 15.3. The van der Waals surface area contributed by atoms with Crippen LogP contribution in [0.4, 0.5) is 0 Å². The Balaban J connectivity index is 4.95. The molecule has 0 aliphatic rings. The Morgan fingerprint density at radius 2 is 1.73 bits per heavy atom. The summed E-state index contributed by atoms with van der Waals surface area (Å²) in [6.07, 6.45) is -0.0897. The fraction of sp³-hybridized carbons (Fsp3) is 0.842. The molecule has 0 aromatic rings. The summed E-state index contributed by atoms with van der Waals surface area (Å²) in [5, 5.41) is 31.3. The van der Waals surface area contributed by atoms with E-state index in [9.17, 15) is 24.6 Å². The number of hydrogen-bond acceptors (Lipinski definition) is 10. The average molecular weight is 498 g/mol.